The summed E-state index contributed by atoms with van der Waals surface area (Å²) in [7, 11) is 0. The third-order valence-corrected chi connectivity index (χ3v) is 1.42. The first-order chi connectivity index (χ1) is 6.57. The molecule has 0 aliphatic carbocycles. The summed E-state index contributed by atoms with van der Waals surface area (Å²) < 4.78 is 0. The number of aliphatic carboxylic acids is 1. The number of hydrogen-bond donors (Lipinski definition) is 2. The van der Waals surface area contributed by atoms with Gasteiger partial charge in [-0.1, -0.05) is 43.0 Å². The van der Waals surface area contributed by atoms with Crippen LogP contribution in [0.15, 0.2) is 36.9 Å². The van der Waals surface area contributed by atoms with E-state index in [-0.39, 0.29) is 0 Å². The minimum Gasteiger partial charge on any atom is -0.480 e. The molecule has 3 nitrogen and oxygen atoms in total. The van der Waals surface area contributed by atoms with E-state index in [1.165, 1.54) is 12.5 Å². The molecule has 0 saturated heterocycles. The van der Waals surface area contributed by atoms with E-state index in [1.807, 2.05) is 36.4 Å². The second-order valence-electron chi connectivity index (χ2n) is 2.74. The molecule has 0 aliphatic heterocycles. The van der Waals surface area contributed by atoms with Crippen molar-refractivity contribution in [3.63, 3.8) is 0 Å². The molecular formula is C11H15NO2. The number of carboxylic acid groups (broad SMARTS) is 1. The minimum atomic E-state index is -0.963. The predicted octanol–water partition coefficient (Wildman–Crippen LogP) is 1.75. The van der Waals surface area contributed by atoms with Crippen molar-refractivity contribution >= 4 is 12.0 Å². The molecule has 0 radical (unpaired) electrons. The monoisotopic (exact) mass is 193 g/mol. The highest BCUT2D eigenvalue weighted by atomic mass is 16.4. The van der Waals surface area contributed by atoms with Crippen molar-refractivity contribution in [1.29, 1.82) is 0 Å². The summed E-state index contributed by atoms with van der Waals surface area (Å²) in [5.41, 5.74) is 6.01. The quantitative estimate of drug-likeness (QED) is 0.752. The summed E-state index contributed by atoms with van der Waals surface area (Å²) in [4.78, 5) is 9.57. The molecule has 0 amide bonds. The number of hydrogen-bond acceptors (Lipinski definition) is 2. The summed E-state index contributed by atoms with van der Waals surface area (Å²) >= 11 is 0. The Morgan fingerprint density at radius 1 is 1.50 bits per heavy atom. The van der Waals surface area contributed by atoms with Crippen LogP contribution in [0.1, 0.15) is 12.5 Å². The Morgan fingerprint density at radius 2 is 1.93 bits per heavy atom. The highest BCUT2D eigenvalue weighted by Gasteiger charge is 1.99. The lowest BCUT2D eigenvalue weighted by Crippen LogP contribution is -2.25. The fourth-order valence-corrected chi connectivity index (χ4v) is 0.589. The van der Waals surface area contributed by atoms with E-state index in [2.05, 4.69) is 6.58 Å². The Kier molecular flexibility index (Phi) is 6.07. The molecule has 14 heavy (non-hydrogen) atoms. The Balaban J connectivity index is 0.000000255. The Hall–Kier alpha value is -1.61. The fourth-order valence-electron chi connectivity index (χ4n) is 0.589. The van der Waals surface area contributed by atoms with Crippen molar-refractivity contribution < 1.29 is 9.90 Å². The van der Waals surface area contributed by atoms with Crippen molar-refractivity contribution in [3.8, 4) is 0 Å². The van der Waals surface area contributed by atoms with E-state index in [4.69, 9.17) is 10.8 Å². The van der Waals surface area contributed by atoms with Gasteiger partial charge in [-0.15, -0.1) is 0 Å². The summed E-state index contributed by atoms with van der Waals surface area (Å²) in [6.45, 7) is 5.05. The lowest BCUT2D eigenvalue weighted by atomic mass is 10.2. The van der Waals surface area contributed by atoms with Crippen LogP contribution in [0.5, 0.6) is 0 Å². The van der Waals surface area contributed by atoms with Crippen LogP contribution in [0.2, 0.25) is 0 Å². The third kappa shape index (κ3) is 5.97. The first-order valence-corrected chi connectivity index (χ1v) is 4.23. The average molecular weight is 193 g/mol. The standard InChI is InChI=1S/C8H8.C3H7NO2/c1-2-8-6-4-3-5-7-8;1-2(4)3(5)6/h2-7H,1H2;2H,4H2,1H3,(H,5,6). The van der Waals surface area contributed by atoms with Crippen molar-refractivity contribution in [3.05, 3.63) is 42.5 Å². The van der Waals surface area contributed by atoms with Gasteiger partial charge < -0.3 is 10.8 Å². The van der Waals surface area contributed by atoms with E-state index >= 15 is 0 Å². The normalized spacial score (nSPS) is 10.7. The fraction of sp³-hybridized carbons (Fsp3) is 0.182. The average Bonchev–Trinajstić information content (AvgIpc) is 2.20. The third-order valence-electron chi connectivity index (χ3n) is 1.42. The van der Waals surface area contributed by atoms with Crippen molar-refractivity contribution in [1.82, 2.24) is 0 Å². The maximum Gasteiger partial charge on any atom is 0.320 e. The van der Waals surface area contributed by atoms with E-state index < -0.39 is 12.0 Å². The van der Waals surface area contributed by atoms with Gasteiger partial charge >= 0.3 is 5.97 Å². The molecule has 1 rings (SSSR count). The zero-order chi connectivity index (χ0) is 11.0. The number of benzene rings is 1. The van der Waals surface area contributed by atoms with Gasteiger partial charge in [0.1, 0.15) is 6.04 Å². The van der Waals surface area contributed by atoms with E-state index in [0.717, 1.165) is 0 Å². The van der Waals surface area contributed by atoms with Crippen molar-refractivity contribution in [2.24, 2.45) is 5.73 Å². The number of rotatable bonds is 2. The zero-order valence-corrected chi connectivity index (χ0v) is 8.18. The van der Waals surface area contributed by atoms with Crippen LogP contribution in [0.4, 0.5) is 0 Å². The second kappa shape index (κ2) is 6.86. The van der Waals surface area contributed by atoms with Crippen molar-refractivity contribution in [2.75, 3.05) is 0 Å². The van der Waals surface area contributed by atoms with Gasteiger partial charge in [0, 0.05) is 0 Å². The number of carbonyl (C=O) groups is 1. The van der Waals surface area contributed by atoms with Gasteiger partial charge in [0.05, 0.1) is 0 Å². The van der Waals surface area contributed by atoms with Crippen LogP contribution < -0.4 is 5.73 Å². The van der Waals surface area contributed by atoms with Crippen molar-refractivity contribution in [2.45, 2.75) is 13.0 Å². The SMILES string of the molecule is C=Cc1ccccc1.CC(N)C(=O)O. The van der Waals surface area contributed by atoms with Gasteiger partial charge in [0.25, 0.3) is 0 Å². The molecule has 3 heteroatoms. The van der Waals surface area contributed by atoms with Crippen LogP contribution in [-0.4, -0.2) is 17.1 Å². The molecule has 1 aromatic rings. The molecule has 0 fully saturated rings. The van der Waals surface area contributed by atoms with Crippen LogP contribution in [0, 0.1) is 0 Å². The molecule has 0 aromatic heterocycles. The van der Waals surface area contributed by atoms with E-state index in [0.29, 0.717) is 0 Å². The zero-order valence-electron chi connectivity index (χ0n) is 8.18. The van der Waals surface area contributed by atoms with Gasteiger partial charge in [-0.05, 0) is 12.5 Å². The number of carboxylic acids is 1. The first-order valence-electron chi connectivity index (χ1n) is 4.23. The van der Waals surface area contributed by atoms with Gasteiger partial charge in [0.15, 0.2) is 0 Å². The lowest BCUT2D eigenvalue weighted by Gasteiger charge is -1.90. The molecule has 0 heterocycles. The molecular weight excluding hydrogens is 178 g/mol. The Labute approximate surface area is 83.9 Å². The Bertz CT molecular complexity index is 281. The second-order valence-corrected chi connectivity index (χ2v) is 2.74. The maximum absolute atomic E-state index is 9.57. The predicted molar refractivity (Wildman–Crippen MR) is 57.8 cm³/mol. The maximum atomic E-state index is 9.57. The molecule has 1 unspecified atom stereocenters. The Morgan fingerprint density at radius 3 is 2.14 bits per heavy atom. The van der Waals surface area contributed by atoms with Crippen LogP contribution in [0.25, 0.3) is 6.08 Å². The van der Waals surface area contributed by atoms with E-state index in [9.17, 15) is 4.79 Å². The summed E-state index contributed by atoms with van der Waals surface area (Å²) in [5, 5.41) is 7.87. The van der Waals surface area contributed by atoms with Crippen LogP contribution in [0.3, 0.4) is 0 Å². The smallest absolute Gasteiger partial charge is 0.320 e. The van der Waals surface area contributed by atoms with Gasteiger partial charge in [-0.25, -0.2) is 0 Å². The first kappa shape index (κ1) is 12.4. The van der Waals surface area contributed by atoms with Gasteiger partial charge in [-0.3, -0.25) is 4.79 Å². The molecule has 1 aromatic carbocycles. The topological polar surface area (TPSA) is 63.3 Å². The molecule has 0 aliphatic rings. The lowest BCUT2D eigenvalue weighted by molar-refractivity contribution is -0.138. The largest absolute Gasteiger partial charge is 0.480 e. The van der Waals surface area contributed by atoms with Crippen LogP contribution in [-0.2, 0) is 4.79 Å². The summed E-state index contributed by atoms with van der Waals surface area (Å²) in [5.74, 6) is -0.963. The molecule has 1 atom stereocenters. The summed E-state index contributed by atoms with van der Waals surface area (Å²) in [6.07, 6.45) is 1.83. The molecule has 0 bridgehead atoms. The summed E-state index contributed by atoms with van der Waals surface area (Å²) in [6, 6.07) is 9.30. The number of nitrogens with two attached hydrogens (primary N) is 1. The highest BCUT2D eigenvalue weighted by Crippen LogP contribution is 1.97. The molecule has 0 spiro atoms. The molecule has 3 N–H and O–H groups in total. The molecule has 0 saturated carbocycles. The van der Waals surface area contributed by atoms with E-state index in [1.54, 1.807) is 0 Å². The molecule has 76 valence electrons. The van der Waals surface area contributed by atoms with Gasteiger partial charge in [0.2, 0.25) is 0 Å². The minimum absolute atomic E-state index is 0.731. The van der Waals surface area contributed by atoms with Gasteiger partial charge in [-0.2, -0.15) is 0 Å². The van der Waals surface area contributed by atoms with Crippen LogP contribution >= 0.6 is 0 Å². The highest BCUT2D eigenvalue weighted by molar-refractivity contribution is 5.72.